The molecule has 0 spiro atoms. The van der Waals surface area contributed by atoms with E-state index in [4.69, 9.17) is 11.5 Å². The van der Waals surface area contributed by atoms with E-state index in [1.54, 1.807) is 4.90 Å². The monoisotopic (exact) mass is 328 g/mol. The van der Waals surface area contributed by atoms with Crippen molar-refractivity contribution in [2.45, 2.75) is 25.8 Å². The molecule has 1 amide bonds. The van der Waals surface area contributed by atoms with Gasteiger partial charge in [0, 0.05) is 37.0 Å². The van der Waals surface area contributed by atoms with Crippen LogP contribution in [0.1, 0.15) is 30.1 Å². The van der Waals surface area contributed by atoms with Gasteiger partial charge >= 0.3 is 0 Å². The zero-order chi connectivity index (χ0) is 15.6. The number of carbonyl (C=O) groups excluding carboxylic acids is 1. The standard InChI is InChI=1S/C14H20N4O3.ClH/c1-9-3-2-6-17(13(9)8-15)14(19)11-7-10(18(20)21)4-5-12(11)16;/h4-5,7,9,13H,2-3,6,8,15-16H2,1H3;1H. The lowest BCUT2D eigenvalue weighted by molar-refractivity contribution is -0.384. The number of piperidine rings is 1. The van der Waals surface area contributed by atoms with Crippen LogP contribution in [0.15, 0.2) is 18.2 Å². The second kappa shape index (κ2) is 7.42. The van der Waals surface area contributed by atoms with E-state index in [-0.39, 0.29) is 41.3 Å². The summed E-state index contributed by atoms with van der Waals surface area (Å²) in [5.74, 6) is 0.0332. The molecule has 1 aliphatic heterocycles. The van der Waals surface area contributed by atoms with Crippen molar-refractivity contribution < 1.29 is 9.72 Å². The fraction of sp³-hybridized carbons (Fsp3) is 0.500. The Labute approximate surface area is 135 Å². The number of nitro benzene ring substituents is 1. The van der Waals surface area contributed by atoms with Crippen LogP contribution in [0.5, 0.6) is 0 Å². The Hall–Kier alpha value is -1.86. The number of halogens is 1. The highest BCUT2D eigenvalue weighted by molar-refractivity contribution is 6.00. The van der Waals surface area contributed by atoms with Crippen molar-refractivity contribution in [3.05, 3.63) is 33.9 Å². The summed E-state index contributed by atoms with van der Waals surface area (Å²) in [7, 11) is 0. The van der Waals surface area contributed by atoms with Crippen LogP contribution in [0.25, 0.3) is 0 Å². The number of carbonyl (C=O) groups is 1. The highest BCUT2D eigenvalue weighted by atomic mass is 35.5. The van der Waals surface area contributed by atoms with Gasteiger partial charge < -0.3 is 16.4 Å². The molecule has 122 valence electrons. The minimum Gasteiger partial charge on any atom is -0.398 e. The third-order valence-corrected chi connectivity index (χ3v) is 4.10. The number of nitrogens with two attached hydrogens (primary N) is 2. The summed E-state index contributed by atoms with van der Waals surface area (Å²) < 4.78 is 0. The number of nitrogen functional groups attached to an aromatic ring is 1. The minimum absolute atomic E-state index is 0. The number of hydrogen-bond donors (Lipinski definition) is 2. The average molecular weight is 329 g/mol. The van der Waals surface area contributed by atoms with Crippen molar-refractivity contribution in [3.63, 3.8) is 0 Å². The summed E-state index contributed by atoms with van der Waals surface area (Å²) in [6.45, 7) is 3.04. The maximum absolute atomic E-state index is 12.7. The molecular weight excluding hydrogens is 308 g/mol. The van der Waals surface area contributed by atoms with Crippen molar-refractivity contribution in [2.75, 3.05) is 18.8 Å². The highest BCUT2D eigenvalue weighted by Crippen LogP contribution is 2.27. The van der Waals surface area contributed by atoms with Crippen LogP contribution in [-0.4, -0.2) is 34.9 Å². The van der Waals surface area contributed by atoms with Crippen molar-refractivity contribution in [2.24, 2.45) is 11.7 Å². The number of hydrogen-bond acceptors (Lipinski definition) is 5. The van der Waals surface area contributed by atoms with Crippen LogP contribution in [0.2, 0.25) is 0 Å². The summed E-state index contributed by atoms with van der Waals surface area (Å²) in [6, 6.07) is 3.89. The predicted molar refractivity (Wildman–Crippen MR) is 87.0 cm³/mol. The Morgan fingerprint density at radius 1 is 1.50 bits per heavy atom. The van der Waals surface area contributed by atoms with Gasteiger partial charge in [0.15, 0.2) is 0 Å². The third-order valence-electron chi connectivity index (χ3n) is 4.10. The van der Waals surface area contributed by atoms with Crippen LogP contribution in [0, 0.1) is 16.0 Å². The minimum atomic E-state index is -0.532. The van der Waals surface area contributed by atoms with Crippen LogP contribution in [0.4, 0.5) is 11.4 Å². The molecule has 0 aromatic heterocycles. The molecule has 2 atom stereocenters. The Kier molecular flexibility index (Phi) is 6.13. The van der Waals surface area contributed by atoms with Gasteiger partial charge in [-0.25, -0.2) is 0 Å². The lowest BCUT2D eigenvalue weighted by Gasteiger charge is -2.39. The van der Waals surface area contributed by atoms with Gasteiger partial charge in [-0.05, 0) is 24.8 Å². The summed E-state index contributed by atoms with van der Waals surface area (Å²) in [5.41, 5.74) is 11.9. The van der Waals surface area contributed by atoms with Crippen LogP contribution < -0.4 is 11.5 Å². The number of rotatable bonds is 3. The summed E-state index contributed by atoms with van der Waals surface area (Å²) in [4.78, 5) is 24.7. The first-order valence-corrected chi connectivity index (χ1v) is 7.00. The van der Waals surface area contributed by atoms with E-state index >= 15 is 0 Å². The number of anilines is 1. The van der Waals surface area contributed by atoms with Gasteiger partial charge in [-0.1, -0.05) is 6.92 Å². The average Bonchev–Trinajstić information content (AvgIpc) is 2.46. The molecule has 1 saturated heterocycles. The van der Waals surface area contributed by atoms with Gasteiger partial charge in [0.1, 0.15) is 0 Å². The molecule has 2 unspecified atom stereocenters. The number of nitrogens with zero attached hydrogens (tertiary/aromatic N) is 2. The second-order valence-corrected chi connectivity index (χ2v) is 5.45. The quantitative estimate of drug-likeness (QED) is 0.498. The molecular formula is C14H21ClN4O3. The predicted octanol–water partition coefficient (Wildman–Crippen LogP) is 1.80. The van der Waals surface area contributed by atoms with E-state index in [1.165, 1.54) is 18.2 Å². The molecule has 2 rings (SSSR count). The van der Waals surface area contributed by atoms with Crippen molar-refractivity contribution >= 4 is 29.7 Å². The first-order chi connectivity index (χ1) is 9.95. The zero-order valence-corrected chi connectivity index (χ0v) is 13.2. The second-order valence-electron chi connectivity index (χ2n) is 5.45. The number of nitro groups is 1. The normalized spacial score (nSPS) is 21.1. The topological polar surface area (TPSA) is 115 Å². The molecule has 8 heteroatoms. The maximum Gasteiger partial charge on any atom is 0.270 e. The summed E-state index contributed by atoms with van der Waals surface area (Å²) in [6.07, 6.45) is 1.92. The molecule has 1 aromatic rings. The molecule has 22 heavy (non-hydrogen) atoms. The molecule has 1 heterocycles. The number of amides is 1. The van der Waals surface area contributed by atoms with Gasteiger partial charge in [-0.15, -0.1) is 12.4 Å². The number of non-ortho nitro benzene ring substituents is 1. The van der Waals surface area contributed by atoms with E-state index < -0.39 is 4.92 Å². The van der Waals surface area contributed by atoms with E-state index in [0.717, 1.165) is 12.8 Å². The van der Waals surface area contributed by atoms with E-state index in [1.807, 2.05) is 0 Å². The molecule has 0 bridgehead atoms. The molecule has 4 N–H and O–H groups in total. The molecule has 1 fully saturated rings. The van der Waals surface area contributed by atoms with Gasteiger partial charge in [-0.2, -0.15) is 0 Å². The van der Waals surface area contributed by atoms with E-state index in [0.29, 0.717) is 19.0 Å². The Morgan fingerprint density at radius 3 is 2.77 bits per heavy atom. The molecule has 1 aliphatic rings. The van der Waals surface area contributed by atoms with Crippen LogP contribution in [-0.2, 0) is 0 Å². The first kappa shape index (κ1) is 18.2. The molecule has 7 nitrogen and oxygen atoms in total. The van der Waals surface area contributed by atoms with Gasteiger partial charge in [0.05, 0.1) is 10.5 Å². The first-order valence-electron chi connectivity index (χ1n) is 7.00. The van der Waals surface area contributed by atoms with Crippen LogP contribution >= 0.6 is 12.4 Å². The molecule has 0 radical (unpaired) electrons. The van der Waals surface area contributed by atoms with E-state index in [9.17, 15) is 14.9 Å². The maximum atomic E-state index is 12.7. The zero-order valence-electron chi connectivity index (χ0n) is 12.4. The Balaban J connectivity index is 0.00000242. The van der Waals surface area contributed by atoms with Crippen molar-refractivity contribution in [3.8, 4) is 0 Å². The lowest BCUT2D eigenvalue weighted by atomic mass is 9.90. The molecule has 0 aliphatic carbocycles. The number of likely N-dealkylation sites (tertiary alicyclic amines) is 1. The largest absolute Gasteiger partial charge is 0.398 e. The fourth-order valence-electron chi connectivity index (χ4n) is 2.86. The Morgan fingerprint density at radius 2 is 2.18 bits per heavy atom. The molecule has 0 saturated carbocycles. The van der Waals surface area contributed by atoms with Crippen molar-refractivity contribution in [1.29, 1.82) is 0 Å². The summed E-state index contributed by atoms with van der Waals surface area (Å²) >= 11 is 0. The molecule has 1 aromatic carbocycles. The highest BCUT2D eigenvalue weighted by Gasteiger charge is 2.32. The smallest absolute Gasteiger partial charge is 0.270 e. The summed E-state index contributed by atoms with van der Waals surface area (Å²) in [5, 5.41) is 10.9. The van der Waals surface area contributed by atoms with Crippen LogP contribution in [0.3, 0.4) is 0 Å². The fourth-order valence-corrected chi connectivity index (χ4v) is 2.86. The van der Waals surface area contributed by atoms with E-state index in [2.05, 4.69) is 6.92 Å². The third kappa shape index (κ3) is 3.48. The van der Waals surface area contributed by atoms with Gasteiger partial charge in [0.2, 0.25) is 0 Å². The lowest BCUT2D eigenvalue weighted by Crippen LogP contribution is -2.51. The Bertz CT molecular complexity index is 567. The van der Waals surface area contributed by atoms with Crippen molar-refractivity contribution in [1.82, 2.24) is 4.90 Å². The number of benzene rings is 1. The van der Waals surface area contributed by atoms with Gasteiger partial charge in [0.25, 0.3) is 11.6 Å². The SMILES string of the molecule is CC1CCCN(C(=O)c2cc([N+](=O)[O-])ccc2N)C1CN.Cl. The van der Waals surface area contributed by atoms with Gasteiger partial charge in [-0.3, -0.25) is 14.9 Å².